The lowest BCUT2D eigenvalue weighted by Crippen LogP contribution is -2.41. The fourth-order valence-corrected chi connectivity index (χ4v) is 1.44. The van der Waals surface area contributed by atoms with Crippen LogP contribution in [0.25, 0.3) is 0 Å². The number of ketones is 1. The molecule has 0 aromatic rings. The maximum atomic E-state index is 10.8. The molecule has 1 fully saturated rings. The van der Waals surface area contributed by atoms with Crippen LogP contribution in [0.2, 0.25) is 0 Å². The van der Waals surface area contributed by atoms with Crippen LogP contribution in [-0.2, 0) is 14.1 Å². The molecule has 0 unspecified atom stereocenters. The largest absolute Gasteiger partial charge is 0.497 e. The molecule has 0 atom stereocenters. The first-order valence-electron chi connectivity index (χ1n) is 5.96. The minimum Gasteiger partial charge on any atom is -0.405 e. The van der Waals surface area contributed by atoms with Crippen molar-refractivity contribution in [2.75, 3.05) is 6.54 Å². The van der Waals surface area contributed by atoms with E-state index in [0.29, 0.717) is 5.47 Å². The molecule has 2 N–H and O–H groups in total. The van der Waals surface area contributed by atoms with E-state index in [1.807, 2.05) is 27.7 Å². The molecule has 6 heteroatoms. The van der Waals surface area contributed by atoms with Crippen LogP contribution in [0, 0.1) is 0 Å². The molecule has 0 aliphatic carbocycles. The molecule has 100 valence electrons. The van der Waals surface area contributed by atoms with Crippen LogP contribution in [-0.4, -0.2) is 36.9 Å². The maximum Gasteiger partial charge on any atom is 0.497 e. The summed E-state index contributed by atoms with van der Waals surface area (Å²) in [6.07, 6.45) is 2.93. The first-order chi connectivity index (χ1) is 8.19. The van der Waals surface area contributed by atoms with Crippen LogP contribution < -0.4 is 5.73 Å². The lowest BCUT2D eigenvalue weighted by molar-refractivity contribution is -0.115. The number of hydrogen-bond acceptors (Lipinski definition) is 5. The highest BCUT2D eigenvalue weighted by Crippen LogP contribution is 2.38. The summed E-state index contributed by atoms with van der Waals surface area (Å²) in [5.74, 6) is -0.00320. The Morgan fingerprint density at radius 3 is 2.17 bits per heavy atom. The van der Waals surface area contributed by atoms with Crippen molar-refractivity contribution in [2.45, 2.75) is 45.8 Å². The van der Waals surface area contributed by atoms with Gasteiger partial charge in [-0.3, -0.25) is 9.79 Å². The summed E-state index contributed by atoms with van der Waals surface area (Å²) >= 11 is 0. The zero-order valence-corrected chi connectivity index (χ0v) is 11.7. The smallest absolute Gasteiger partial charge is 0.405 e. The van der Waals surface area contributed by atoms with E-state index in [1.54, 1.807) is 0 Å². The summed E-state index contributed by atoms with van der Waals surface area (Å²) in [5, 5.41) is 0. The zero-order valence-electron chi connectivity index (χ0n) is 11.7. The lowest BCUT2D eigenvalue weighted by Gasteiger charge is -2.32. The number of hydrogen-bond donors (Lipinski definition) is 1. The molecule has 1 aliphatic heterocycles. The van der Waals surface area contributed by atoms with Gasteiger partial charge in [-0.1, -0.05) is 0 Å². The molecule has 0 saturated carbocycles. The fourth-order valence-electron chi connectivity index (χ4n) is 1.44. The molecule has 0 amide bonds. The lowest BCUT2D eigenvalue weighted by atomic mass is 9.79. The predicted octanol–water partition coefficient (Wildman–Crippen LogP) is 1.12. The molecule has 0 spiro atoms. The third kappa shape index (κ3) is 3.20. The number of Topliss-reactive ketones (excluding diaryl/α,β-unsaturated/α-hetero) is 1. The number of nitrogens with zero attached hydrogens (tertiary/aromatic N) is 1. The highest BCUT2D eigenvalue weighted by molar-refractivity contribution is 6.60. The number of aliphatic imine (C=N–C) groups is 1. The molecule has 1 rings (SSSR count). The van der Waals surface area contributed by atoms with Crippen LogP contribution >= 0.6 is 0 Å². The van der Waals surface area contributed by atoms with Gasteiger partial charge in [0, 0.05) is 11.7 Å². The maximum absolute atomic E-state index is 10.8. The van der Waals surface area contributed by atoms with Gasteiger partial charge in [-0.25, -0.2) is 0 Å². The van der Waals surface area contributed by atoms with E-state index in [1.165, 1.54) is 19.3 Å². The zero-order chi connectivity index (χ0) is 14.0. The summed E-state index contributed by atoms with van der Waals surface area (Å²) in [7, 11) is -0.546. The van der Waals surface area contributed by atoms with Gasteiger partial charge in [0.2, 0.25) is 0 Å². The molecule has 5 nitrogen and oxygen atoms in total. The van der Waals surface area contributed by atoms with Crippen LogP contribution in [0.1, 0.15) is 34.6 Å². The quantitative estimate of drug-likeness (QED) is 0.601. The average molecular weight is 252 g/mol. The van der Waals surface area contributed by atoms with Crippen LogP contribution in [0.5, 0.6) is 0 Å². The second-order valence-electron chi connectivity index (χ2n) is 5.43. The van der Waals surface area contributed by atoms with Gasteiger partial charge in [0.1, 0.15) is 0 Å². The van der Waals surface area contributed by atoms with E-state index in [0.717, 1.165) is 0 Å². The van der Waals surface area contributed by atoms with Gasteiger partial charge in [0.05, 0.1) is 17.7 Å². The molecule has 18 heavy (non-hydrogen) atoms. The minimum atomic E-state index is -0.546. The van der Waals surface area contributed by atoms with Gasteiger partial charge < -0.3 is 15.0 Å². The summed E-state index contributed by atoms with van der Waals surface area (Å²) < 4.78 is 11.7. The Bertz CT molecular complexity index is 373. The summed E-state index contributed by atoms with van der Waals surface area (Å²) in [6.45, 7) is 9.48. The normalized spacial score (nSPS) is 22.7. The van der Waals surface area contributed by atoms with Crippen molar-refractivity contribution in [3.8, 4) is 0 Å². The Balaban J connectivity index is 2.76. The first kappa shape index (κ1) is 14.9. The molecule has 1 aliphatic rings. The highest BCUT2D eigenvalue weighted by atomic mass is 16.7. The van der Waals surface area contributed by atoms with Gasteiger partial charge in [-0.15, -0.1) is 0 Å². The molecular formula is C12H21BN2O3. The number of carbonyl (C=O) groups excluding carboxylic acids is 1. The van der Waals surface area contributed by atoms with Crippen LogP contribution in [0.15, 0.2) is 16.7 Å². The Morgan fingerprint density at radius 2 is 1.78 bits per heavy atom. The third-order valence-electron chi connectivity index (χ3n) is 3.27. The van der Waals surface area contributed by atoms with E-state index >= 15 is 0 Å². The Kier molecular flexibility index (Phi) is 4.34. The van der Waals surface area contributed by atoms with E-state index in [4.69, 9.17) is 15.0 Å². The van der Waals surface area contributed by atoms with Gasteiger partial charge in [-0.2, -0.15) is 0 Å². The van der Waals surface area contributed by atoms with Gasteiger partial charge in [0.15, 0.2) is 5.78 Å². The SMILES string of the molecule is CC(=O)CN=CC(=CN)B1OC(C)(C)C(C)(C)O1. The summed E-state index contributed by atoms with van der Waals surface area (Å²) in [5.41, 5.74) is 5.34. The number of nitrogens with two attached hydrogens (primary N) is 1. The highest BCUT2D eigenvalue weighted by Gasteiger charge is 2.52. The molecule has 0 aromatic heterocycles. The number of allylic oxidation sites excluding steroid dienone is 1. The molecular weight excluding hydrogens is 231 g/mol. The molecule has 1 saturated heterocycles. The molecule has 1 heterocycles. The van der Waals surface area contributed by atoms with E-state index in [9.17, 15) is 4.79 Å². The molecule has 0 radical (unpaired) electrons. The van der Waals surface area contributed by atoms with Crippen molar-refractivity contribution in [1.29, 1.82) is 0 Å². The Labute approximate surface area is 109 Å². The van der Waals surface area contributed by atoms with Crippen molar-refractivity contribution in [1.82, 2.24) is 0 Å². The third-order valence-corrected chi connectivity index (χ3v) is 3.27. The summed E-state index contributed by atoms with van der Waals surface area (Å²) in [6, 6.07) is 0. The summed E-state index contributed by atoms with van der Waals surface area (Å²) in [4.78, 5) is 14.8. The van der Waals surface area contributed by atoms with Crippen molar-refractivity contribution < 1.29 is 14.1 Å². The van der Waals surface area contributed by atoms with E-state index in [2.05, 4.69) is 4.99 Å². The Hall–Kier alpha value is -1.14. The predicted molar refractivity (Wildman–Crippen MR) is 72.4 cm³/mol. The monoisotopic (exact) mass is 252 g/mol. The van der Waals surface area contributed by atoms with E-state index in [-0.39, 0.29) is 12.3 Å². The first-order valence-corrected chi connectivity index (χ1v) is 5.96. The van der Waals surface area contributed by atoms with Gasteiger partial charge in [0.25, 0.3) is 0 Å². The van der Waals surface area contributed by atoms with Crippen molar-refractivity contribution in [3.63, 3.8) is 0 Å². The number of rotatable bonds is 4. The van der Waals surface area contributed by atoms with Crippen molar-refractivity contribution in [3.05, 3.63) is 11.7 Å². The van der Waals surface area contributed by atoms with Gasteiger partial charge in [-0.05, 0) is 40.8 Å². The van der Waals surface area contributed by atoms with Crippen LogP contribution in [0.3, 0.4) is 0 Å². The molecule has 0 aromatic carbocycles. The van der Waals surface area contributed by atoms with Gasteiger partial charge >= 0.3 is 7.12 Å². The molecule has 0 bridgehead atoms. The second kappa shape index (κ2) is 5.24. The van der Waals surface area contributed by atoms with E-state index < -0.39 is 18.3 Å². The second-order valence-corrected chi connectivity index (χ2v) is 5.43. The van der Waals surface area contributed by atoms with Crippen molar-refractivity contribution >= 4 is 19.1 Å². The Morgan fingerprint density at radius 1 is 1.28 bits per heavy atom. The standard InChI is InChI=1S/C12H21BN2O3/c1-9(16)7-15-8-10(6-14)13-17-11(2,3)12(4,5)18-13/h6,8H,7,14H2,1-5H3. The minimum absolute atomic E-state index is 0.00320. The fraction of sp³-hybridized carbons (Fsp3) is 0.667. The topological polar surface area (TPSA) is 73.9 Å². The number of carbonyl (C=O) groups is 1. The average Bonchev–Trinajstić information content (AvgIpc) is 2.42. The van der Waals surface area contributed by atoms with Crippen molar-refractivity contribution in [2.24, 2.45) is 10.7 Å². The van der Waals surface area contributed by atoms with Crippen LogP contribution in [0.4, 0.5) is 0 Å².